The summed E-state index contributed by atoms with van der Waals surface area (Å²) in [6.45, 7) is 11.2. The predicted molar refractivity (Wildman–Crippen MR) is 68.5 cm³/mol. The molecular weight excluding hydrogens is 270 g/mol. The summed E-state index contributed by atoms with van der Waals surface area (Å²) in [6.07, 6.45) is 1.93. The molecule has 1 saturated heterocycles. The molecule has 0 aliphatic carbocycles. The van der Waals surface area contributed by atoms with Crippen molar-refractivity contribution in [1.29, 1.82) is 0 Å². The van der Waals surface area contributed by atoms with Gasteiger partial charge in [0.25, 0.3) is 0 Å². The highest BCUT2D eigenvalue weighted by Gasteiger charge is 2.33. The van der Waals surface area contributed by atoms with Gasteiger partial charge < -0.3 is 4.74 Å². The van der Waals surface area contributed by atoms with Crippen LogP contribution < -0.4 is 0 Å². The third-order valence-electron chi connectivity index (χ3n) is 2.42. The van der Waals surface area contributed by atoms with E-state index in [0.29, 0.717) is 6.54 Å². The van der Waals surface area contributed by atoms with Gasteiger partial charge in [0.05, 0.1) is 0 Å². The number of rotatable bonds is 3. The highest BCUT2D eigenvalue weighted by molar-refractivity contribution is 9.11. The van der Waals surface area contributed by atoms with Crippen LogP contribution in [0.1, 0.15) is 33.6 Å². The average Bonchev–Trinajstić information content (AvgIpc) is 2.47. The van der Waals surface area contributed by atoms with Gasteiger partial charge in [-0.2, -0.15) is 0 Å². The predicted octanol–water partition coefficient (Wildman–Crippen LogP) is 2.70. The number of hydrogen-bond donors (Lipinski definition) is 0. The van der Waals surface area contributed by atoms with E-state index in [-0.39, 0.29) is 12.0 Å². The third kappa shape index (κ3) is 4.26. The van der Waals surface area contributed by atoms with E-state index in [1.165, 1.54) is 0 Å². The summed E-state index contributed by atoms with van der Waals surface area (Å²) in [5.74, 6) is -0.112. The normalized spacial score (nSPS) is 22.1. The number of likely N-dealkylation sites (tertiary alicyclic amines) is 1. The van der Waals surface area contributed by atoms with E-state index in [4.69, 9.17) is 4.74 Å². The number of nitrogens with zero attached hydrogens (tertiary/aromatic N) is 1. The molecule has 1 rings (SSSR count). The first-order valence-corrected chi connectivity index (χ1v) is 6.39. The number of carbonyl (C=O) groups is 1. The lowest BCUT2D eigenvalue weighted by Gasteiger charge is -2.27. The zero-order chi connectivity index (χ0) is 12.3. The van der Waals surface area contributed by atoms with Crippen molar-refractivity contribution in [2.45, 2.75) is 45.3 Å². The van der Waals surface area contributed by atoms with Crippen LogP contribution in [0.15, 0.2) is 11.1 Å². The molecule has 1 fully saturated rings. The minimum Gasteiger partial charge on any atom is -0.459 e. The molecular formula is C12H20BrNO2. The summed E-state index contributed by atoms with van der Waals surface area (Å²) in [4.78, 5) is 14.1. The second-order valence-corrected chi connectivity index (χ2v) is 6.30. The first-order chi connectivity index (χ1) is 7.29. The first-order valence-electron chi connectivity index (χ1n) is 5.60. The third-order valence-corrected chi connectivity index (χ3v) is 2.67. The Morgan fingerprint density at radius 1 is 1.56 bits per heavy atom. The Balaban J connectivity index is 2.57. The second kappa shape index (κ2) is 5.32. The topological polar surface area (TPSA) is 29.5 Å². The summed E-state index contributed by atoms with van der Waals surface area (Å²) < 4.78 is 6.31. The molecule has 0 aromatic carbocycles. The zero-order valence-corrected chi connectivity index (χ0v) is 11.8. The summed E-state index contributed by atoms with van der Waals surface area (Å²) in [5, 5.41) is 0. The fourth-order valence-corrected chi connectivity index (χ4v) is 2.19. The summed E-state index contributed by atoms with van der Waals surface area (Å²) in [6, 6.07) is -0.103. The standard InChI is InChI=1S/C12H20BrNO2/c1-9(13)8-14-7-5-6-10(14)11(15)16-12(2,3)4/h10H,1,5-8H2,2-4H3/t10-/m0/s1. The monoisotopic (exact) mass is 289 g/mol. The van der Waals surface area contributed by atoms with Crippen molar-refractivity contribution in [1.82, 2.24) is 4.90 Å². The van der Waals surface area contributed by atoms with Gasteiger partial charge in [-0.15, -0.1) is 0 Å². The molecule has 1 aliphatic rings. The molecule has 3 nitrogen and oxygen atoms in total. The van der Waals surface area contributed by atoms with Crippen LogP contribution in [0, 0.1) is 0 Å². The number of hydrogen-bond acceptors (Lipinski definition) is 3. The van der Waals surface area contributed by atoms with Crippen LogP contribution in [0.2, 0.25) is 0 Å². The number of ether oxygens (including phenoxy) is 1. The second-order valence-electron chi connectivity index (χ2n) is 5.18. The lowest BCUT2D eigenvalue weighted by atomic mass is 10.1. The van der Waals surface area contributed by atoms with Gasteiger partial charge in [0.1, 0.15) is 11.6 Å². The number of esters is 1. The van der Waals surface area contributed by atoms with Gasteiger partial charge in [0.15, 0.2) is 0 Å². The van der Waals surface area contributed by atoms with Crippen LogP contribution in [-0.2, 0) is 9.53 Å². The summed E-state index contributed by atoms with van der Waals surface area (Å²) in [7, 11) is 0. The maximum atomic E-state index is 11.9. The zero-order valence-electron chi connectivity index (χ0n) is 10.3. The van der Waals surface area contributed by atoms with E-state index in [2.05, 4.69) is 27.4 Å². The van der Waals surface area contributed by atoms with Crippen molar-refractivity contribution < 1.29 is 9.53 Å². The Morgan fingerprint density at radius 3 is 2.69 bits per heavy atom. The molecule has 1 heterocycles. The smallest absolute Gasteiger partial charge is 0.323 e. The minimum atomic E-state index is -0.406. The molecule has 1 atom stereocenters. The lowest BCUT2D eigenvalue weighted by molar-refractivity contribution is -0.160. The van der Waals surface area contributed by atoms with Crippen molar-refractivity contribution in [3.05, 3.63) is 11.1 Å². The minimum absolute atomic E-state index is 0.103. The Hall–Kier alpha value is -0.350. The van der Waals surface area contributed by atoms with Crippen LogP contribution >= 0.6 is 15.9 Å². The van der Waals surface area contributed by atoms with Crippen LogP contribution in [-0.4, -0.2) is 35.6 Å². The number of halogens is 1. The molecule has 0 spiro atoms. The van der Waals surface area contributed by atoms with E-state index in [9.17, 15) is 4.79 Å². The van der Waals surface area contributed by atoms with Crippen molar-refractivity contribution in [3.8, 4) is 0 Å². The molecule has 0 radical (unpaired) electrons. The van der Waals surface area contributed by atoms with E-state index in [1.807, 2.05) is 20.8 Å². The summed E-state index contributed by atoms with van der Waals surface area (Å²) >= 11 is 3.33. The van der Waals surface area contributed by atoms with Gasteiger partial charge in [-0.1, -0.05) is 22.5 Å². The molecule has 0 aromatic heterocycles. The molecule has 1 aliphatic heterocycles. The van der Waals surface area contributed by atoms with Crippen LogP contribution in [0.4, 0.5) is 0 Å². The van der Waals surface area contributed by atoms with Gasteiger partial charge in [-0.3, -0.25) is 9.69 Å². The Labute approximate surface area is 106 Å². The SMILES string of the molecule is C=C(Br)CN1CCC[C@H]1C(=O)OC(C)(C)C. The number of carbonyl (C=O) groups excluding carboxylic acids is 1. The fourth-order valence-electron chi connectivity index (χ4n) is 1.87. The van der Waals surface area contributed by atoms with Crippen LogP contribution in [0.25, 0.3) is 0 Å². The Morgan fingerprint density at radius 2 is 2.19 bits per heavy atom. The molecule has 0 bridgehead atoms. The Bertz CT molecular complexity index is 283. The average molecular weight is 290 g/mol. The van der Waals surface area contributed by atoms with Gasteiger partial charge in [0, 0.05) is 11.0 Å². The molecule has 0 unspecified atom stereocenters. The molecule has 92 valence electrons. The van der Waals surface area contributed by atoms with E-state index >= 15 is 0 Å². The van der Waals surface area contributed by atoms with Crippen molar-refractivity contribution in [2.75, 3.05) is 13.1 Å². The van der Waals surface area contributed by atoms with E-state index in [1.54, 1.807) is 0 Å². The molecule has 0 saturated carbocycles. The van der Waals surface area contributed by atoms with Crippen molar-refractivity contribution in [3.63, 3.8) is 0 Å². The highest BCUT2D eigenvalue weighted by Crippen LogP contribution is 2.22. The molecule has 16 heavy (non-hydrogen) atoms. The van der Waals surface area contributed by atoms with Crippen molar-refractivity contribution in [2.24, 2.45) is 0 Å². The molecule has 0 amide bonds. The quantitative estimate of drug-likeness (QED) is 0.748. The van der Waals surface area contributed by atoms with Gasteiger partial charge in [0.2, 0.25) is 0 Å². The molecule has 4 heteroatoms. The molecule has 0 N–H and O–H groups in total. The highest BCUT2D eigenvalue weighted by atomic mass is 79.9. The van der Waals surface area contributed by atoms with E-state index in [0.717, 1.165) is 23.9 Å². The van der Waals surface area contributed by atoms with Gasteiger partial charge in [-0.05, 0) is 40.2 Å². The van der Waals surface area contributed by atoms with Crippen molar-refractivity contribution >= 4 is 21.9 Å². The van der Waals surface area contributed by atoms with E-state index < -0.39 is 5.60 Å². The lowest BCUT2D eigenvalue weighted by Crippen LogP contribution is -2.40. The van der Waals surface area contributed by atoms with Gasteiger partial charge >= 0.3 is 5.97 Å². The summed E-state index contributed by atoms with van der Waals surface area (Å²) in [5.41, 5.74) is -0.406. The molecule has 0 aromatic rings. The largest absolute Gasteiger partial charge is 0.459 e. The first kappa shape index (κ1) is 13.7. The van der Waals surface area contributed by atoms with Crippen LogP contribution in [0.3, 0.4) is 0 Å². The maximum absolute atomic E-state index is 11.9. The Kier molecular flexibility index (Phi) is 4.56. The fraction of sp³-hybridized carbons (Fsp3) is 0.750. The van der Waals surface area contributed by atoms with Crippen LogP contribution in [0.5, 0.6) is 0 Å². The maximum Gasteiger partial charge on any atom is 0.323 e. The van der Waals surface area contributed by atoms with Gasteiger partial charge in [-0.25, -0.2) is 0 Å².